The fourth-order valence-corrected chi connectivity index (χ4v) is 2.18. The van der Waals surface area contributed by atoms with Gasteiger partial charge in [0.05, 0.1) is 21.3 Å². The number of amides is 1. The molecule has 0 bridgehead atoms. The quantitative estimate of drug-likeness (QED) is 0.758. The molecule has 8 nitrogen and oxygen atoms in total. The average Bonchev–Trinajstić information content (AvgIpc) is 2.65. The summed E-state index contributed by atoms with van der Waals surface area (Å²) in [6.07, 6.45) is 2.19. The molecule has 0 saturated carbocycles. The minimum absolute atomic E-state index is 0.239. The van der Waals surface area contributed by atoms with E-state index in [0.29, 0.717) is 41.0 Å². The molecule has 1 aromatic carbocycles. The van der Waals surface area contributed by atoms with Gasteiger partial charge in [-0.25, -0.2) is 9.97 Å². The molecule has 134 valence electrons. The number of hydrogen-bond acceptors (Lipinski definition) is 7. The van der Waals surface area contributed by atoms with E-state index >= 15 is 0 Å². The van der Waals surface area contributed by atoms with Crippen molar-refractivity contribution in [3.05, 3.63) is 30.2 Å². The second-order valence-corrected chi connectivity index (χ2v) is 5.08. The van der Waals surface area contributed by atoms with Gasteiger partial charge in [-0.3, -0.25) is 4.79 Å². The smallest absolute Gasteiger partial charge is 0.270 e. The van der Waals surface area contributed by atoms with Crippen molar-refractivity contribution in [3.8, 4) is 17.2 Å². The number of nitrogens with one attached hydrogen (secondary N) is 2. The van der Waals surface area contributed by atoms with E-state index in [4.69, 9.17) is 14.2 Å². The number of carbonyl (C=O) groups is 1. The summed E-state index contributed by atoms with van der Waals surface area (Å²) in [6, 6.07) is 5.08. The number of benzene rings is 1. The first-order valence-electron chi connectivity index (χ1n) is 7.80. The zero-order valence-electron chi connectivity index (χ0n) is 14.8. The first-order valence-corrected chi connectivity index (χ1v) is 7.80. The lowest BCUT2D eigenvalue weighted by atomic mass is 10.2. The third kappa shape index (κ3) is 4.50. The van der Waals surface area contributed by atoms with Crippen LogP contribution in [0.3, 0.4) is 0 Å². The van der Waals surface area contributed by atoms with Crippen molar-refractivity contribution in [2.24, 2.45) is 0 Å². The number of aromatic nitrogens is 2. The van der Waals surface area contributed by atoms with Gasteiger partial charge in [-0.1, -0.05) is 6.92 Å². The van der Waals surface area contributed by atoms with Gasteiger partial charge in [0, 0.05) is 30.4 Å². The van der Waals surface area contributed by atoms with Gasteiger partial charge < -0.3 is 24.8 Å². The van der Waals surface area contributed by atoms with Crippen LogP contribution in [-0.4, -0.2) is 43.7 Å². The number of methoxy groups -OCH3 is 3. The maximum absolute atomic E-state index is 12.0. The molecule has 0 fully saturated rings. The third-order valence-electron chi connectivity index (χ3n) is 3.37. The van der Waals surface area contributed by atoms with Crippen LogP contribution in [-0.2, 0) is 0 Å². The third-order valence-corrected chi connectivity index (χ3v) is 3.37. The summed E-state index contributed by atoms with van der Waals surface area (Å²) in [6.45, 7) is 2.58. The molecule has 0 aliphatic carbocycles. The molecule has 0 radical (unpaired) electrons. The van der Waals surface area contributed by atoms with Crippen LogP contribution in [0.15, 0.2) is 24.5 Å². The Morgan fingerprint density at radius 3 is 2.28 bits per heavy atom. The molecular formula is C17H22N4O4. The van der Waals surface area contributed by atoms with Crippen molar-refractivity contribution < 1.29 is 19.0 Å². The highest BCUT2D eigenvalue weighted by molar-refractivity contribution is 5.92. The van der Waals surface area contributed by atoms with E-state index in [1.54, 1.807) is 39.5 Å². The molecule has 2 aromatic rings. The minimum atomic E-state index is -0.239. The highest BCUT2D eigenvalue weighted by Crippen LogP contribution is 2.40. The van der Waals surface area contributed by atoms with Crippen LogP contribution in [0, 0.1) is 0 Å². The highest BCUT2D eigenvalue weighted by Gasteiger charge is 2.14. The largest absolute Gasteiger partial charge is 0.493 e. The molecule has 0 aliphatic rings. The van der Waals surface area contributed by atoms with Crippen LogP contribution < -0.4 is 24.8 Å². The number of nitrogens with zero attached hydrogens (tertiary/aromatic N) is 2. The molecule has 25 heavy (non-hydrogen) atoms. The van der Waals surface area contributed by atoms with E-state index in [9.17, 15) is 4.79 Å². The zero-order valence-corrected chi connectivity index (χ0v) is 14.8. The molecule has 1 aromatic heterocycles. The maximum Gasteiger partial charge on any atom is 0.270 e. The highest BCUT2D eigenvalue weighted by atomic mass is 16.5. The van der Waals surface area contributed by atoms with Crippen LogP contribution in [0.1, 0.15) is 23.8 Å². The summed E-state index contributed by atoms with van der Waals surface area (Å²) in [5, 5.41) is 5.89. The summed E-state index contributed by atoms with van der Waals surface area (Å²) in [4.78, 5) is 20.1. The van der Waals surface area contributed by atoms with Crippen LogP contribution >= 0.6 is 0 Å². The van der Waals surface area contributed by atoms with Crippen molar-refractivity contribution in [2.45, 2.75) is 13.3 Å². The Hall–Kier alpha value is -3.03. The Labute approximate surface area is 146 Å². The molecule has 0 spiro atoms. The first-order chi connectivity index (χ1) is 12.1. The van der Waals surface area contributed by atoms with Crippen molar-refractivity contribution in [1.82, 2.24) is 15.3 Å². The maximum atomic E-state index is 12.0. The van der Waals surface area contributed by atoms with E-state index in [0.717, 1.165) is 6.42 Å². The van der Waals surface area contributed by atoms with Crippen LogP contribution in [0.2, 0.25) is 0 Å². The molecule has 0 aliphatic heterocycles. The van der Waals surface area contributed by atoms with Crippen molar-refractivity contribution in [3.63, 3.8) is 0 Å². The predicted octanol–water partition coefficient (Wildman–Crippen LogP) is 2.39. The Bertz CT molecular complexity index is 711. The van der Waals surface area contributed by atoms with Gasteiger partial charge in [-0.05, 0) is 6.42 Å². The number of rotatable bonds is 8. The van der Waals surface area contributed by atoms with Gasteiger partial charge in [0.25, 0.3) is 5.91 Å². The molecule has 1 heterocycles. The Morgan fingerprint density at radius 1 is 1.04 bits per heavy atom. The van der Waals surface area contributed by atoms with Gasteiger partial charge in [-0.2, -0.15) is 0 Å². The normalized spacial score (nSPS) is 10.1. The van der Waals surface area contributed by atoms with Crippen LogP contribution in [0.4, 0.5) is 11.5 Å². The van der Waals surface area contributed by atoms with Crippen molar-refractivity contribution in [2.75, 3.05) is 33.2 Å². The summed E-state index contributed by atoms with van der Waals surface area (Å²) < 4.78 is 15.9. The Kier molecular flexibility index (Phi) is 6.39. The molecule has 8 heteroatoms. The van der Waals surface area contributed by atoms with E-state index in [2.05, 4.69) is 20.6 Å². The second kappa shape index (κ2) is 8.72. The van der Waals surface area contributed by atoms with Gasteiger partial charge in [0.15, 0.2) is 11.5 Å². The fourth-order valence-electron chi connectivity index (χ4n) is 2.18. The Balaban J connectivity index is 2.26. The number of anilines is 2. The predicted molar refractivity (Wildman–Crippen MR) is 94.0 cm³/mol. The summed E-state index contributed by atoms with van der Waals surface area (Å²) in [5.74, 6) is 1.76. The lowest BCUT2D eigenvalue weighted by Crippen LogP contribution is -2.25. The van der Waals surface area contributed by atoms with Gasteiger partial charge >= 0.3 is 0 Å². The zero-order chi connectivity index (χ0) is 18.2. The Morgan fingerprint density at radius 2 is 1.72 bits per heavy atom. The first kappa shape index (κ1) is 18.3. The van der Waals surface area contributed by atoms with E-state index in [1.807, 2.05) is 6.92 Å². The summed E-state index contributed by atoms with van der Waals surface area (Å²) >= 11 is 0. The standard InChI is InChI=1S/C17H22N4O4/c1-5-6-18-17(22)12-9-15(20-10-19-12)21-11-7-13(23-2)16(25-4)14(8-11)24-3/h7-10H,5-6H2,1-4H3,(H,18,22)(H,19,20,21). The lowest BCUT2D eigenvalue weighted by molar-refractivity contribution is 0.0948. The van der Waals surface area contributed by atoms with Gasteiger partial charge in [-0.15, -0.1) is 0 Å². The molecule has 0 atom stereocenters. The molecule has 2 N–H and O–H groups in total. The summed E-state index contributed by atoms with van der Waals surface area (Å²) in [7, 11) is 4.63. The molecular weight excluding hydrogens is 324 g/mol. The average molecular weight is 346 g/mol. The monoisotopic (exact) mass is 346 g/mol. The minimum Gasteiger partial charge on any atom is -0.493 e. The van der Waals surface area contributed by atoms with Crippen LogP contribution in [0.5, 0.6) is 17.2 Å². The van der Waals surface area contributed by atoms with Crippen LogP contribution in [0.25, 0.3) is 0 Å². The topological polar surface area (TPSA) is 94.6 Å². The van der Waals surface area contributed by atoms with E-state index in [1.165, 1.54) is 6.33 Å². The summed E-state index contributed by atoms with van der Waals surface area (Å²) in [5.41, 5.74) is 0.964. The SMILES string of the molecule is CCCNC(=O)c1cc(Nc2cc(OC)c(OC)c(OC)c2)ncn1. The molecule has 2 rings (SSSR count). The molecule has 0 unspecified atom stereocenters. The lowest BCUT2D eigenvalue weighted by Gasteiger charge is -2.15. The molecule has 1 amide bonds. The fraction of sp³-hybridized carbons (Fsp3) is 0.353. The molecule has 0 saturated heterocycles. The van der Waals surface area contributed by atoms with Gasteiger partial charge in [0.2, 0.25) is 5.75 Å². The second-order valence-electron chi connectivity index (χ2n) is 5.08. The van der Waals surface area contributed by atoms with E-state index < -0.39 is 0 Å². The number of ether oxygens (including phenoxy) is 3. The van der Waals surface area contributed by atoms with Crippen molar-refractivity contribution in [1.29, 1.82) is 0 Å². The number of carbonyl (C=O) groups excluding carboxylic acids is 1. The van der Waals surface area contributed by atoms with E-state index in [-0.39, 0.29) is 5.91 Å². The van der Waals surface area contributed by atoms with Gasteiger partial charge in [0.1, 0.15) is 17.8 Å². The number of hydrogen-bond donors (Lipinski definition) is 2. The van der Waals surface area contributed by atoms with Crippen molar-refractivity contribution >= 4 is 17.4 Å².